The predicted molar refractivity (Wildman–Crippen MR) is 112 cm³/mol. The van der Waals surface area contributed by atoms with E-state index in [9.17, 15) is 19.2 Å². The third kappa shape index (κ3) is 4.41. The van der Waals surface area contributed by atoms with Gasteiger partial charge >= 0.3 is 5.97 Å². The van der Waals surface area contributed by atoms with E-state index < -0.39 is 30.3 Å². The zero-order valence-electron chi connectivity index (χ0n) is 16.0. The first-order valence-electron chi connectivity index (χ1n) is 9.17. The fourth-order valence-electron chi connectivity index (χ4n) is 3.06. The van der Waals surface area contributed by atoms with Gasteiger partial charge in [-0.1, -0.05) is 15.9 Å². The molecule has 0 unspecified atom stereocenters. The first-order chi connectivity index (χ1) is 14.9. The van der Waals surface area contributed by atoms with Crippen molar-refractivity contribution in [2.75, 3.05) is 11.9 Å². The number of halogens is 1. The SMILES string of the molecule is O=C(COC(=O)c1ccc2c(c1)C(=O)N(Cc1ccco1)C2=O)Nc1ccc(Br)cc1. The Kier molecular flexibility index (Phi) is 5.68. The highest BCUT2D eigenvalue weighted by atomic mass is 79.9. The number of carbonyl (C=O) groups excluding carboxylic acids is 4. The van der Waals surface area contributed by atoms with Gasteiger partial charge in [-0.15, -0.1) is 0 Å². The summed E-state index contributed by atoms with van der Waals surface area (Å²) in [6.45, 7) is -0.501. The molecule has 2 heterocycles. The van der Waals surface area contributed by atoms with Gasteiger partial charge in [0.15, 0.2) is 6.61 Å². The van der Waals surface area contributed by atoms with Crippen molar-refractivity contribution >= 4 is 45.3 Å². The number of furan rings is 1. The van der Waals surface area contributed by atoms with E-state index in [1.54, 1.807) is 36.4 Å². The number of imide groups is 1. The topological polar surface area (TPSA) is 106 Å². The van der Waals surface area contributed by atoms with E-state index in [4.69, 9.17) is 9.15 Å². The van der Waals surface area contributed by atoms with Crippen LogP contribution in [0.3, 0.4) is 0 Å². The van der Waals surface area contributed by atoms with E-state index in [-0.39, 0.29) is 23.2 Å². The van der Waals surface area contributed by atoms with Crippen LogP contribution in [0.25, 0.3) is 0 Å². The molecule has 156 valence electrons. The Bertz CT molecular complexity index is 1170. The summed E-state index contributed by atoms with van der Waals surface area (Å²) >= 11 is 3.30. The summed E-state index contributed by atoms with van der Waals surface area (Å²) in [7, 11) is 0. The molecule has 1 N–H and O–H groups in total. The minimum absolute atomic E-state index is 0.00461. The number of benzene rings is 2. The van der Waals surface area contributed by atoms with E-state index in [1.165, 1.54) is 24.5 Å². The number of hydrogen-bond donors (Lipinski definition) is 1. The van der Waals surface area contributed by atoms with Crippen molar-refractivity contribution in [1.82, 2.24) is 4.90 Å². The van der Waals surface area contributed by atoms with E-state index >= 15 is 0 Å². The van der Waals surface area contributed by atoms with Crippen molar-refractivity contribution in [1.29, 1.82) is 0 Å². The lowest BCUT2D eigenvalue weighted by Crippen LogP contribution is -2.28. The summed E-state index contributed by atoms with van der Waals surface area (Å²) in [5.41, 5.74) is 0.921. The number of nitrogens with one attached hydrogen (secondary N) is 1. The van der Waals surface area contributed by atoms with Gasteiger partial charge in [-0.25, -0.2) is 4.79 Å². The van der Waals surface area contributed by atoms with Gasteiger partial charge in [0.1, 0.15) is 5.76 Å². The van der Waals surface area contributed by atoms with Gasteiger partial charge in [0, 0.05) is 10.2 Å². The molecule has 0 saturated heterocycles. The van der Waals surface area contributed by atoms with Crippen molar-refractivity contribution in [3.8, 4) is 0 Å². The van der Waals surface area contributed by atoms with E-state index in [0.717, 1.165) is 9.37 Å². The molecule has 0 saturated carbocycles. The molecule has 1 aliphatic heterocycles. The zero-order chi connectivity index (χ0) is 22.0. The van der Waals surface area contributed by atoms with Gasteiger partial charge in [0.2, 0.25) is 0 Å². The normalized spacial score (nSPS) is 12.6. The van der Waals surface area contributed by atoms with Crippen LogP contribution in [0.2, 0.25) is 0 Å². The summed E-state index contributed by atoms with van der Waals surface area (Å²) in [6.07, 6.45) is 1.45. The third-order valence-corrected chi connectivity index (χ3v) is 5.09. The Labute approximate surface area is 184 Å². The van der Waals surface area contributed by atoms with Gasteiger partial charge in [-0.2, -0.15) is 0 Å². The summed E-state index contributed by atoms with van der Waals surface area (Å²) in [6, 6.07) is 14.3. The Hall–Kier alpha value is -3.72. The van der Waals surface area contributed by atoms with Gasteiger partial charge in [-0.3, -0.25) is 19.3 Å². The molecule has 0 spiro atoms. The lowest BCUT2D eigenvalue weighted by Gasteiger charge is -2.11. The fourth-order valence-corrected chi connectivity index (χ4v) is 3.33. The molecule has 0 radical (unpaired) electrons. The maximum atomic E-state index is 12.6. The van der Waals surface area contributed by atoms with Crippen molar-refractivity contribution in [3.63, 3.8) is 0 Å². The quantitative estimate of drug-likeness (QED) is 0.424. The van der Waals surface area contributed by atoms with Crippen molar-refractivity contribution in [2.24, 2.45) is 0 Å². The Balaban J connectivity index is 1.40. The van der Waals surface area contributed by atoms with Crippen LogP contribution in [0.4, 0.5) is 5.69 Å². The highest BCUT2D eigenvalue weighted by Gasteiger charge is 2.36. The molecule has 0 aliphatic carbocycles. The Morgan fingerprint density at radius 2 is 1.74 bits per heavy atom. The first kappa shape index (κ1) is 20.5. The summed E-state index contributed by atoms with van der Waals surface area (Å²) in [5, 5.41) is 2.61. The molecule has 3 aromatic rings. The molecule has 0 fully saturated rings. The number of fused-ring (bicyclic) bond motifs is 1. The summed E-state index contributed by atoms with van der Waals surface area (Å²) < 4.78 is 11.1. The number of ether oxygens (including phenoxy) is 1. The van der Waals surface area contributed by atoms with Crippen molar-refractivity contribution in [2.45, 2.75) is 6.54 Å². The number of carbonyl (C=O) groups is 4. The third-order valence-electron chi connectivity index (χ3n) is 4.56. The standard InChI is InChI=1S/C22H15BrN2O6/c23-14-4-6-15(7-5-14)24-19(26)12-31-22(29)13-3-8-17-18(10-13)21(28)25(20(17)27)11-16-2-1-9-30-16/h1-10H,11-12H2,(H,24,26). The Morgan fingerprint density at radius 1 is 1.00 bits per heavy atom. The first-order valence-corrected chi connectivity index (χ1v) is 9.97. The molecule has 4 rings (SSSR count). The van der Waals surface area contributed by atoms with Crippen LogP contribution < -0.4 is 5.32 Å². The van der Waals surface area contributed by atoms with Crippen molar-refractivity contribution < 1.29 is 28.3 Å². The molecule has 3 amide bonds. The van der Waals surface area contributed by atoms with Crippen LogP contribution in [0.5, 0.6) is 0 Å². The predicted octanol–water partition coefficient (Wildman–Crippen LogP) is 3.63. The molecule has 0 atom stereocenters. The maximum Gasteiger partial charge on any atom is 0.338 e. The van der Waals surface area contributed by atoms with E-state index in [2.05, 4.69) is 21.2 Å². The lowest BCUT2D eigenvalue weighted by atomic mass is 10.1. The van der Waals surface area contributed by atoms with Gasteiger partial charge < -0.3 is 14.5 Å². The summed E-state index contributed by atoms with van der Waals surface area (Å²) in [5.74, 6) is -1.82. The Morgan fingerprint density at radius 3 is 2.45 bits per heavy atom. The van der Waals surface area contributed by atoms with E-state index in [0.29, 0.717) is 11.4 Å². The van der Waals surface area contributed by atoms with Crippen LogP contribution in [0.15, 0.2) is 69.8 Å². The second-order valence-electron chi connectivity index (χ2n) is 6.67. The maximum absolute atomic E-state index is 12.6. The minimum atomic E-state index is -0.779. The van der Waals surface area contributed by atoms with Gasteiger partial charge in [0.05, 0.1) is 29.5 Å². The average Bonchev–Trinajstić information content (AvgIpc) is 3.36. The van der Waals surface area contributed by atoms with Gasteiger partial charge in [0.25, 0.3) is 17.7 Å². The summed E-state index contributed by atoms with van der Waals surface area (Å²) in [4.78, 5) is 50.5. The smallest absolute Gasteiger partial charge is 0.338 e. The largest absolute Gasteiger partial charge is 0.467 e. The van der Waals surface area contributed by atoms with Crippen LogP contribution in [-0.4, -0.2) is 35.2 Å². The molecular weight excluding hydrogens is 468 g/mol. The molecule has 8 nitrogen and oxygen atoms in total. The van der Waals surface area contributed by atoms with Gasteiger partial charge in [-0.05, 0) is 54.6 Å². The molecular formula is C22H15BrN2O6. The molecule has 2 aromatic carbocycles. The molecule has 31 heavy (non-hydrogen) atoms. The molecule has 1 aliphatic rings. The lowest BCUT2D eigenvalue weighted by molar-refractivity contribution is -0.119. The molecule has 1 aromatic heterocycles. The van der Waals surface area contributed by atoms with E-state index in [1.807, 2.05) is 0 Å². The minimum Gasteiger partial charge on any atom is -0.467 e. The number of esters is 1. The fraction of sp³-hybridized carbons (Fsp3) is 0.0909. The number of nitrogens with zero attached hydrogens (tertiary/aromatic N) is 1. The number of amides is 3. The number of hydrogen-bond acceptors (Lipinski definition) is 6. The number of rotatable bonds is 6. The zero-order valence-corrected chi connectivity index (χ0v) is 17.5. The second-order valence-corrected chi connectivity index (χ2v) is 7.58. The van der Waals surface area contributed by atoms with Crippen LogP contribution >= 0.6 is 15.9 Å². The molecule has 9 heteroatoms. The second kappa shape index (κ2) is 8.57. The average molecular weight is 483 g/mol. The van der Waals surface area contributed by atoms with Crippen LogP contribution in [0, 0.1) is 0 Å². The number of anilines is 1. The highest BCUT2D eigenvalue weighted by molar-refractivity contribution is 9.10. The highest BCUT2D eigenvalue weighted by Crippen LogP contribution is 2.26. The van der Waals surface area contributed by atoms with Crippen molar-refractivity contribution in [3.05, 3.63) is 87.8 Å². The molecule has 0 bridgehead atoms. The monoisotopic (exact) mass is 482 g/mol. The van der Waals surface area contributed by atoms with Crippen LogP contribution in [0.1, 0.15) is 36.8 Å². The van der Waals surface area contributed by atoms with Crippen LogP contribution in [-0.2, 0) is 16.1 Å².